The van der Waals surface area contributed by atoms with Gasteiger partial charge in [0.2, 0.25) is 0 Å². The summed E-state index contributed by atoms with van der Waals surface area (Å²) in [6.07, 6.45) is 4.36. The van der Waals surface area contributed by atoms with Crippen molar-refractivity contribution in [2.24, 2.45) is 0 Å². The van der Waals surface area contributed by atoms with Crippen LogP contribution in [-0.2, 0) is 6.54 Å². The minimum atomic E-state index is -0.120. The number of ether oxygens (including phenoxy) is 1. The van der Waals surface area contributed by atoms with E-state index in [0.29, 0.717) is 18.7 Å². The fourth-order valence-corrected chi connectivity index (χ4v) is 2.50. The van der Waals surface area contributed by atoms with E-state index in [1.165, 1.54) is 0 Å². The van der Waals surface area contributed by atoms with Crippen molar-refractivity contribution in [1.29, 1.82) is 0 Å². The smallest absolute Gasteiger partial charge is 0.253 e. The largest absolute Gasteiger partial charge is 0.494 e. The molecule has 4 heteroatoms. The van der Waals surface area contributed by atoms with E-state index in [1.807, 2.05) is 48.5 Å². The minimum absolute atomic E-state index is 0.120. The Morgan fingerprint density at radius 3 is 2.67 bits per heavy atom. The maximum absolute atomic E-state index is 12.5. The zero-order valence-corrected chi connectivity index (χ0v) is 13.7. The first-order valence-corrected chi connectivity index (χ1v) is 8.10. The van der Waals surface area contributed by atoms with E-state index in [2.05, 4.69) is 17.2 Å². The zero-order valence-electron chi connectivity index (χ0n) is 13.7. The van der Waals surface area contributed by atoms with Crippen LogP contribution < -0.4 is 10.1 Å². The van der Waals surface area contributed by atoms with E-state index in [4.69, 9.17) is 4.74 Å². The molecule has 4 nitrogen and oxygen atoms in total. The van der Waals surface area contributed by atoms with E-state index in [9.17, 15) is 4.79 Å². The van der Waals surface area contributed by atoms with Crippen molar-refractivity contribution in [3.63, 3.8) is 0 Å². The van der Waals surface area contributed by atoms with Crippen LogP contribution >= 0.6 is 0 Å². The molecular formula is C20H20N2O2. The number of hydrogen-bond donors (Lipinski definition) is 1. The van der Waals surface area contributed by atoms with Crippen molar-refractivity contribution in [3.8, 4) is 5.75 Å². The number of amides is 1. The van der Waals surface area contributed by atoms with Gasteiger partial charge in [-0.05, 0) is 29.5 Å². The molecule has 0 spiro atoms. The van der Waals surface area contributed by atoms with Crippen molar-refractivity contribution in [2.45, 2.75) is 19.9 Å². The summed E-state index contributed by atoms with van der Waals surface area (Å²) in [5, 5.41) is 4.82. The second-order valence-corrected chi connectivity index (χ2v) is 5.58. The van der Waals surface area contributed by atoms with Crippen molar-refractivity contribution in [1.82, 2.24) is 10.3 Å². The lowest BCUT2D eigenvalue weighted by Gasteiger charge is -2.09. The summed E-state index contributed by atoms with van der Waals surface area (Å²) in [6.45, 7) is 3.26. The first kappa shape index (κ1) is 16.0. The number of rotatable bonds is 6. The third kappa shape index (κ3) is 3.71. The lowest BCUT2D eigenvalue weighted by atomic mass is 10.1. The molecule has 0 saturated heterocycles. The standard InChI is InChI=1S/C20H20N2O2/c1-2-11-24-17-9-7-15(8-10-17)12-22-20(23)19-14-21-13-16-5-3-4-6-18(16)19/h3-10,13-14H,2,11-12H2,1H3,(H,22,23). The summed E-state index contributed by atoms with van der Waals surface area (Å²) in [7, 11) is 0. The number of carbonyl (C=O) groups is 1. The van der Waals surface area contributed by atoms with Gasteiger partial charge in [0.05, 0.1) is 12.2 Å². The highest BCUT2D eigenvalue weighted by Crippen LogP contribution is 2.17. The molecular weight excluding hydrogens is 300 g/mol. The van der Waals surface area contributed by atoms with Crippen LogP contribution in [0.15, 0.2) is 60.9 Å². The van der Waals surface area contributed by atoms with E-state index in [-0.39, 0.29) is 5.91 Å². The second-order valence-electron chi connectivity index (χ2n) is 5.58. The maximum Gasteiger partial charge on any atom is 0.253 e. The SMILES string of the molecule is CCCOc1ccc(CNC(=O)c2cncc3ccccc23)cc1. The van der Waals surface area contributed by atoms with Gasteiger partial charge in [-0.2, -0.15) is 0 Å². The molecule has 122 valence electrons. The van der Waals surface area contributed by atoms with Gasteiger partial charge >= 0.3 is 0 Å². The molecule has 0 aliphatic heterocycles. The number of fused-ring (bicyclic) bond motifs is 1. The van der Waals surface area contributed by atoms with Crippen LogP contribution in [0.5, 0.6) is 5.75 Å². The Labute approximate surface area is 141 Å². The fraction of sp³-hybridized carbons (Fsp3) is 0.200. The minimum Gasteiger partial charge on any atom is -0.494 e. The van der Waals surface area contributed by atoms with Gasteiger partial charge in [-0.25, -0.2) is 0 Å². The highest BCUT2D eigenvalue weighted by molar-refractivity contribution is 6.06. The first-order chi connectivity index (χ1) is 11.8. The predicted octanol–water partition coefficient (Wildman–Crippen LogP) is 3.95. The Balaban J connectivity index is 1.66. The van der Waals surface area contributed by atoms with E-state index < -0.39 is 0 Å². The van der Waals surface area contributed by atoms with Crippen LogP contribution in [0.4, 0.5) is 0 Å². The third-order valence-electron chi connectivity index (χ3n) is 3.76. The summed E-state index contributed by atoms with van der Waals surface area (Å²) < 4.78 is 5.56. The molecule has 3 aromatic rings. The maximum atomic E-state index is 12.5. The Morgan fingerprint density at radius 2 is 1.88 bits per heavy atom. The average Bonchev–Trinajstić information content (AvgIpc) is 2.64. The molecule has 1 N–H and O–H groups in total. The van der Waals surface area contributed by atoms with Crippen LogP contribution in [0.2, 0.25) is 0 Å². The molecule has 24 heavy (non-hydrogen) atoms. The van der Waals surface area contributed by atoms with Gasteiger partial charge in [-0.1, -0.05) is 43.3 Å². The van der Waals surface area contributed by atoms with Gasteiger partial charge in [0.25, 0.3) is 5.91 Å². The molecule has 0 bridgehead atoms. The quantitative estimate of drug-likeness (QED) is 0.748. The number of benzene rings is 2. The summed E-state index contributed by atoms with van der Waals surface area (Å²) in [4.78, 5) is 16.6. The number of pyridine rings is 1. The Hall–Kier alpha value is -2.88. The number of nitrogens with one attached hydrogen (secondary N) is 1. The zero-order chi connectivity index (χ0) is 16.8. The van der Waals surface area contributed by atoms with Gasteiger partial charge in [-0.3, -0.25) is 9.78 Å². The predicted molar refractivity (Wildman–Crippen MR) is 95.1 cm³/mol. The topological polar surface area (TPSA) is 51.2 Å². The molecule has 3 rings (SSSR count). The molecule has 0 aliphatic carbocycles. The lowest BCUT2D eigenvalue weighted by Crippen LogP contribution is -2.23. The number of hydrogen-bond acceptors (Lipinski definition) is 3. The van der Waals surface area contributed by atoms with Crippen molar-refractivity contribution >= 4 is 16.7 Å². The molecule has 0 unspecified atom stereocenters. The normalized spacial score (nSPS) is 10.5. The van der Waals surface area contributed by atoms with Gasteiger partial charge in [0.1, 0.15) is 5.75 Å². The number of nitrogens with zero attached hydrogens (tertiary/aromatic N) is 1. The molecule has 1 aromatic heterocycles. The van der Waals surface area contributed by atoms with Crippen LogP contribution in [0.1, 0.15) is 29.3 Å². The summed E-state index contributed by atoms with van der Waals surface area (Å²) >= 11 is 0. The van der Waals surface area contributed by atoms with E-state index in [0.717, 1.165) is 28.5 Å². The second kappa shape index (κ2) is 7.59. The van der Waals surface area contributed by atoms with Gasteiger partial charge < -0.3 is 10.1 Å². The van der Waals surface area contributed by atoms with Crippen LogP contribution in [-0.4, -0.2) is 17.5 Å². The Kier molecular flexibility index (Phi) is 5.06. The van der Waals surface area contributed by atoms with Crippen molar-refractivity contribution in [3.05, 3.63) is 72.1 Å². The van der Waals surface area contributed by atoms with E-state index in [1.54, 1.807) is 12.4 Å². The molecule has 0 fully saturated rings. The van der Waals surface area contributed by atoms with Gasteiger partial charge in [-0.15, -0.1) is 0 Å². The molecule has 2 aromatic carbocycles. The van der Waals surface area contributed by atoms with Crippen molar-refractivity contribution in [2.75, 3.05) is 6.61 Å². The molecule has 1 amide bonds. The van der Waals surface area contributed by atoms with E-state index >= 15 is 0 Å². The fourth-order valence-electron chi connectivity index (χ4n) is 2.50. The van der Waals surface area contributed by atoms with Crippen LogP contribution in [0.25, 0.3) is 10.8 Å². The van der Waals surface area contributed by atoms with Crippen LogP contribution in [0, 0.1) is 0 Å². The summed E-state index contributed by atoms with van der Waals surface area (Å²) in [6, 6.07) is 15.5. The number of carbonyl (C=O) groups excluding carboxylic acids is 1. The lowest BCUT2D eigenvalue weighted by molar-refractivity contribution is 0.0952. The molecule has 1 heterocycles. The van der Waals surface area contributed by atoms with Crippen LogP contribution in [0.3, 0.4) is 0 Å². The Morgan fingerprint density at radius 1 is 1.08 bits per heavy atom. The summed E-state index contributed by atoms with van der Waals surface area (Å²) in [5.41, 5.74) is 1.62. The van der Waals surface area contributed by atoms with Gasteiger partial charge in [0, 0.05) is 24.3 Å². The number of aromatic nitrogens is 1. The molecule has 0 saturated carbocycles. The highest BCUT2D eigenvalue weighted by atomic mass is 16.5. The average molecular weight is 320 g/mol. The first-order valence-electron chi connectivity index (χ1n) is 8.10. The van der Waals surface area contributed by atoms with Crippen molar-refractivity contribution < 1.29 is 9.53 Å². The third-order valence-corrected chi connectivity index (χ3v) is 3.76. The summed E-state index contributed by atoms with van der Waals surface area (Å²) in [5.74, 6) is 0.732. The highest BCUT2D eigenvalue weighted by Gasteiger charge is 2.10. The Bertz CT molecular complexity index is 823. The molecule has 0 radical (unpaired) electrons. The van der Waals surface area contributed by atoms with Gasteiger partial charge in [0.15, 0.2) is 0 Å². The molecule has 0 aliphatic rings. The monoisotopic (exact) mass is 320 g/mol. The molecule has 0 atom stereocenters.